The fraction of sp³-hybridized carbons (Fsp3) is 0.350. The fourth-order valence-electron chi connectivity index (χ4n) is 2.61. The summed E-state index contributed by atoms with van der Waals surface area (Å²) in [5, 5.41) is 19.8. The maximum atomic E-state index is 12.8. The zero-order valence-corrected chi connectivity index (χ0v) is 20.0. The second-order valence-electron chi connectivity index (χ2n) is 6.49. The van der Waals surface area contributed by atoms with Crippen LogP contribution in [0.1, 0.15) is 28.4 Å². The molecule has 0 saturated carbocycles. The highest BCUT2D eigenvalue weighted by atomic mass is 32.1. The van der Waals surface area contributed by atoms with Gasteiger partial charge in [-0.1, -0.05) is 19.9 Å². The highest BCUT2D eigenvalue weighted by molar-refractivity contribution is 7.13. The molecule has 9 nitrogen and oxygen atoms in total. The molecule has 0 saturated heterocycles. The van der Waals surface area contributed by atoms with E-state index < -0.39 is 11.1 Å². The second-order valence-corrected chi connectivity index (χ2v) is 8.40. The normalized spacial score (nSPS) is 10.3. The molecule has 0 aliphatic rings. The van der Waals surface area contributed by atoms with Gasteiger partial charge in [-0.15, -0.1) is 22.7 Å². The number of anilines is 3. The molecule has 11 heteroatoms. The van der Waals surface area contributed by atoms with Crippen LogP contribution in [0.15, 0.2) is 32.5 Å². The average molecular weight is 466 g/mol. The summed E-state index contributed by atoms with van der Waals surface area (Å²) in [4.78, 5) is 40.3. The Morgan fingerprint density at radius 2 is 1.71 bits per heavy atom. The third-order valence-electron chi connectivity index (χ3n) is 4.36. The quantitative estimate of drug-likeness (QED) is 0.516. The summed E-state index contributed by atoms with van der Waals surface area (Å²) in [6.07, 6.45) is 0. The standard InChI is InChI=1S/C18H21N5O4S2.C2H6/c1-21(2)18(27)15-14(24)11(9-29-15)20-13-12(19-8-10-6-5-7-28-10)16(25)22(3)23(4)17(13)26;1-2/h5-7,9,19-20,24H,8H2,1-4H3;1-2H3. The molecule has 3 N–H and O–H groups in total. The summed E-state index contributed by atoms with van der Waals surface area (Å²) in [5.41, 5.74) is -0.568. The zero-order chi connectivity index (χ0) is 23.3. The van der Waals surface area contributed by atoms with E-state index in [0.29, 0.717) is 6.54 Å². The molecular weight excluding hydrogens is 438 g/mol. The summed E-state index contributed by atoms with van der Waals surface area (Å²) in [6, 6.07) is 3.82. The maximum Gasteiger partial charge on any atom is 0.290 e. The Morgan fingerprint density at radius 1 is 1.10 bits per heavy atom. The minimum Gasteiger partial charge on any atom is -0.504 e. The van der Waals surface area contributed by atoms with E-state index in [1.165, 1.54) is 45.1 Å². The number of aromatic hydroxyl groups is 1. The van der Waals surface area contributed by atoms with E-state index in [-0.39, 0.29) is 33.6 Å². The van der Waals surface area contributed by atoms with Gasteiger partial charge in [0.25, 0.3) is 17.0 Å². The number of carbonyl (C=O) groups is 1. The number of aromatic nitrogens is 2. The van der Waals surface area contributed by atoms with Crippen molar-refractivity contribution in [1.29, 1.82) is 0 Å². The Labute approximate surface area is 188 Å². The van der Waals surface area contributed by atoms with E-state index in [0.717, 1.165) is 16.2 Å². The highest BCUT2D eigenvalue weighted by Crippen LogP contribution is 2.36. The molecular formula is C20H27N5O4S2. The van der Waals surface area contributed by atoms with Crippen molar-refractivity contribution >= 4 is 45.6 Å². The number of nitrogens with one attached hydrogen (secondary N) is 2. The minimum absolute atomic E-state index is 0.00380. The number of thiophene rings is 2. The molecule has 0 unspecified atom stereocenters. The lowest BCUT2D eigenvalue weighted by atomic mass is 10.3. The number of hydrogen-bond donors (Lipinski definition) is 3. The van der Waals surface area contributed by atoms with E-state index in [1.54, 1.807) is 14.1 Å². The lowest BCUT2D eigenvalue weighted by Crippen LogP contribution is -2.38. The predicted octanol–water partition coefficient (Wildman–Crippen LogP) is 3.00. The first kappa shape index (κ1) is 24.2. The van der Waals surface area contributed by atoms with Crippen LogP contribution < -0.4 is 21.8 Å². The van der Waals surface area contributed by atoms with Crippen LogP contribution in [-0.2, 0) is 20.6 Å². The Hall–Kier alpha value is -3.05. The van der Waals surface area contributed by atoms with Gasteiger partial charge in [-0.05, 0) is 11.4 Å². The van der Waals surface area contributed by atoms with E-state index in [1.807, 2.05) is 31.4 Å². The van der Waals surface area contributed by atoms with Crippen molar-refractivity contribution in [2.24, 2.45) is 14.1 Å². The van der Waals surface area contributed by atoms with Crippen molar-refractivity contribution in [3.63, 3.8) is 0 Å². The zero-order valence-electron chi connectivity index (χ0n) is 18.3. The van der Waals surface area contributed by atoms with Crippen molar-refractivity contribution in [2.45, 2.75) is 20.4 Å². The molecule has 0 aliphatic carbocycles. The molecule has 0 bridgehead atoms. The SMILES string of the molecule is CC.CN(C)C(=O)c1scc(Nc2c(NCc3cccs3)c(=O)n(C)n(C)c2=O)c1O. The number of carbonyl (C=O) groups excluding carboxylic acids is 1. The van der Waals surface area contributed by atoms with Gasteiger partial charge in [0.1, 0.15) is 16.3 Å². The number of nitrogens with zero attached hydrogens (tertiary/aromatic N) is 3. The molecule has 0 radical (unpaired) electrons. The molecule has 3 heterocycles. The molecule has 3 aromatic heterocycles. The molecule has 0 aromatic carbocycles. The first-order valence-electron chi connectivity index (χ1n) is 9.58. The third kappa shape index (κ3) is 5.00. The van der Waals surface area contributed by atoms with Crippen LogP contribution in [0.3, 0.4) is 0 Å². The molecule has 0 atom stereocenters. The molecule has 0 spiro atoms. The van der Waals surface area contributed by atoms with Gasteiger partial charge in [0.2, 0.25) is 0 Å². The monoisotopic (exact) mass is 465 g/mol. The van der Waals surface area contributed by atoms with Gasteiger partial charge >= 0.3 is 0 Å². The maximum absolute atomic E-state index is 12.8. The van der Waals surface area contributed by atoms with Gasteiger partial charge in [-0.25, -0.2) is 9.36 Å². The lowest BCUT2D eigenvalue weighted by molar-refractivity contribution is 0.0829. The third-order valence-corrected chi connectivity index (χ3v) is 6.19. The highest BCUT2D eigenvalue weighted by Gasteiger charge is 2.22. The number of rotatable bonds is 6. The Balaban J connectivity index is 0.00000166. The van der Waals surface area contributed by atoms with Gasteiger partial charge in [-0.2, -0.15) is 0 Å². The summed E-state index contributed by atoms with van der Waals surface area (Å²) >= 11 is 2.58. The van der Waals surface area contributed by atoms with Crippen LogP contribution in [0, 0.1) is 0 Å². The van der Waals surface area contributed by atoms with Gasteiger partial charge in [-0.3, -0.25) is 14.4 Å². The van der Waals surface area contributed by atoms with Crippen LogP contribution in [0.5, 0.6) is 5.75 Å². The smallest absolute Gasteiger partial charge is 0.290 e. The van der Waals surface area contributed by atoms with Crippen LogP contribution in [0.4, 0.5) is 17.1 Å². The van der Waals surface area contributed by atoms with Crippen molar-refractivity contribution < 1.29 is 9.90 Å². The molecule has 0 aliphatic heterocycles. The van der Waals surface area contributed by atoms with E-state index in [4.69, 9.17) is 0 Å². The predicted molar refractivity (Wildman–Crippen MR) is 127 cm³/mol. The van der Waals surface area contributed by atoms with E-state index in [2.05, 4.69) is 10.6 Å². The van der Waals surface area contributed by atoms with Crippen LogP contribution in [0.2, 0.25) is 0 Å². The Bertz CT molecular complexity index is 1160. The van der Waals surface area contributed by atoms with Crippen LogP contribution >= 0.6 is 22.7 Å². The summed E-state index contributed by atoms with van der Waals surface area (Å²) in [7, 11) is 6.14. The van der Waals surface area contributed by atoms with Gasteiger partial charge in [0, 0.05) is 45.0 Å². The van der Waals surface area contributed by atoms with E-state index in [9.17, 15) is 19.5 Å². The topological polar surface area (TPSA) is 109 Å². The summed E-state index contributed by atoms with van der Waals surface area (Å²) < 4.78 is 2.38. The molecule has 0 fully saturated rings. The van der Waals surface area contributed by atoms with Gasteiger partial charge in [0.15, 0.2) is 5.75 Å². The first-order chi connectivity index (χ1) is 14.7. The van der Waals surface area contributed by atoms with Crippen LogP contribution in [0.25, 0.3) is 0 Å². The van der Waals surface area contributed by atoms with Crippen molar-refractivity contribution in [3.05, 3.63) is 53.4 Å². The second kappa shape index (κ2) is 10.3. The molecule has 3 rings (SSSR count). The van der Waals surface area contributed by atoms with Crippen molar-refractivity contribution in [2.75, 3.05) is 24.7 Å². The Morgan fingerprint density at radius 3 is 2.26 bits per heavy atom. The summed E-state index contributed by atoms with van der Waals surface area (Å²) in [5.74, 6) is -0.617. The van der Waals surface area contributed by atoms with Crippen LogP contribution in [-0.4, -0.2) is 39.4 Å². The first-order valence-corrected chi connectivity index (χ1v) is 11.3. The average Bonchev–Trinajstić information content (AvgIpc) is 3.41. The molecule has 168 valence electrons. The molecule has 1 amide bonds. The van der Waals surface area contributed by atoms with Gasteiger partial charge < -0.3 is 20.6 Å². The fourth-order valence-corrected chi connectivity index (χ4v) is 4.16. The lowest BCUT2D eigenvalue weighted by Gasteiger charge is -2.16. The molecule has 31 heavy (non-hydrogen) atoms. The van der Waals surface area contributed by atoms with Crippen molar-refractivity contribution in [1.82, 2.24) is 14.3 Å². The number of hydrogen-bond acceptors (Lipinski definition) is 8. The minimum atomic E-state index is -0.452. The van der Waals surface area contributed by atoms with Crippen molar-refractivity contribution in [3.8, 4) is 5.75 Å². The Kier molecular flexibility index (Phi) is 8.06. The number of amides is 1. The largest absolute Gasteiger partial charge is 0.504 e. The molecule has 3 aromatic rings. The summed E-state index contributed by atoms with van der Waals surface area (Å²) in [6.45, 7) is 4.37. The van der Waals surface area contributed by atoms with Gasteiger partial charge in [0.05, 0.1) is 5.69 Å². The van der Waals surface area contributed by atoms with E-state index >= 15 is 0 Å².